The third-order valence-corrected chi connectivity index (χ3v) is 2.56. The number of aliphatic hydroxyl groups excluding tert-OH is 3. The van der Waals surface area contributed by atoms with Gasteiger partial charge in [-0.05, 0) is 20.8 Å². The van der Waals surface area contributed by atoms with Crippen LogP contribution in [-0.2, 0) is 0 Å². The Kier molecular flexibility index (Phi) is 4.72. The Morgan fingerprint density at radius 1 is 1.47 bits per heavy atom. The van der Waals surface area contributed by atoms with Crippen molar-refractivity contribution in [3.05, 3.63) is 11.6 Å². The quantitative estimate of drug-likeness (QED) is 0.506. The zero-order valence-electron chi connectivity index (χ0n) is 10.6. The van der Waals surface area contributed by atoms with Crippen LogP contribution in [0.4, 0.5) is 0 Å². The van der Waals surface area contributed by atoms with E-state index >= 15 is 0 Å². The molecule has 3 atom stereocenters. The van der Waals surface area contributed by atoms with Gasteiger partial charge in [-0.15, -0.1) is 0 Å². The molecule has 0 saturated carbocycles. The summed E-state index contributed by atoms with van der Waals surface area (Å²) in [6.45, 7) is 6.28. The first-order valence-corrected chi connectivity index (χ1v) is 5.79. The van der Waals surface area contributed by atoms with Crippen molar-refractivity contribution in [1.82, 2.24) is 5.32 Å². The second-order valence-electron chi connectivity index (χ2n) is 5.33. The van der Waals surface area contributed by atoms with E-state index in [1.54, 1.807) is 6.08 Å². The van der Waals surface area contributed by atoms with E-state index in [0.29, 0.717) is 12.1 Å². The van der Waals surface area contributed by atoms with Gasteiger partial charge in [0.25, 0.3) is 0 Å². The maximum atomic E-state index is 9.94. The van der Waals surface area contributed by atoms with E-state index in [1.807, 2.05) is 20.8 Å². The van der Waals surface area contributed by atoms with Gasteiger partial charge in [-0.25, -0.2) is 0 Å². The zero-order chi connectivity index (χ0) is 13.1. The molecule has 4 N–H and O–H groups in total. The lowest BCUT2D eigenvalue weighted by Gasteiger charge is -2.24. The van der Waals surface area contributed by atoms with E-state index < -0.39 is 18.1 Å². The standard InChI is InChI=1S/C13H21NO3/c1-13(2,3)14-7-12(17)9-4-5-11(16)10(6-9)8-15/h6,10-12,14-17H,7-8H2,1-3H3. The predicted molar refractivity (Wildman–Crippen MR) is 66.2 cm³/mol. The molecule has 0 saturated heterocycles. The van der Waals surface area contributed by atoms with E-state index in [4.69, 9.17) is 5.11 Å². The van der Waals surface area contributed by atoms with E-state index in [9.17, 15) is 10.2 Å². The normalized spacial score (nSPS) is 25.9. The number of aliphatic hydroxyl groups is 3. The van der Waals surface area contributed by atoms with Crippen LogP contribution in [0.3, 0.4) is 0 Å². The van der Waals surface area contributed by atoms with Crippen LogP contribution in [0.2, 0.25) is 0 Å². The van der Waals surface area contributed by atoms with Crippen LogP contribution in [0.25, 0.3) is 0 Å². The van der Waals surface area contributed by atoms with E-state index in [2.05, 4.69) is 17.2 Å². The average Bonchev–Trinajstić information content (AvgIpc) is 2.25. The molecule has 0 amide bonds. The summed E-state index contributed by atoms with van der Waals surface area (Å²) in [5, 5.41) is 31.6. The van der Waals surface area contributed by atoms with Crippen molar-refractivity contribution in [2.45, 2.75) is 38.5 Å². The third kappa shape index (κ3) is 4.49. The van der Waals surface area contributed by atoms with Crippen molar-refractivity contribution in [2.24, 2.45) is 5.92 Å². The number of hydrogen-bond acceptors (Lipinski definition) is 4. The van der Waals surface area contributed by atoms with Crippen molar-refractivity contribution in [1.29, 1.82) is 0 Å². The molecule has 0 aromatic carbocycles. The summed E-state index contributed by atoms with van der Waals surface area (Å²) in [4.78, 5) is 0. The molecule has 4 nitrogen and oxygen atoms in total. The van der Waals surface area contributed by atoms with Crippen molar-refractivity contribution in [3.8, 4) is 11.8 Å². The summed E-state index contributed by atoms with van der Waals surface area (Å²) >= 11 is 0. The molecular weight excluding hydrogens is 218 g/mol. The van der Waals surface area contributed by atoms with Gasteiger partial charge in [0.05, 0.1) is 12.7 Å². The summed E-state index contributed by atoms with van der Waals surface area (Å²) in [6, 6.07) is 0. The fraction of sp³-hybridized carbons (Fsp3) is 0.692. The van der Waals surface area contributed by atoms with Gasteiger partial charge in [0.15, 0.2) is 0 Å². The molecule has 0 spiro atoms. The highest BCUT2D eigenvalue weighted by molar-refractivity contribution is 5.38. The van der Waals surface area contributed by atoms with Gasteiger partial charge in [-0.3, -0.25) is 0 Å². The highest BCUT2D eigenvalue weighted by Gasteiger charge is 2.21. The molecule has 1 rings (SSSR count). The van der Waals surface area contributed by atoms with Gasteiger partial charge < -0.3 is 20.6 Å². The van der Waals surface area contributed by atoms with Crippen molar-refractivity contribution in [2.75, 3.05) is 13.2 Å². The molecule has 4 heteroatoms. The first-order chi connectivity index (χ1) is 7.83. The number of β-amino-alcohol motifs (C(OH)–C–C–N with tert-alkyl or cyclic N) is 1. The van der Waals surface area contributed by atoms with Gasteiger partial charge in [0, 0.05) is 23.6 Å². The average molecular weight is 239 g/mol. The zero-order valence-corrected chi connectivity index (χ0v) is 10.6. The minimum Gasteiger partial charge on any atom is -0.396 e. The third-order valence-electron chi connectivity index (χ3n) is 2.56. The van der Waals surface area contributed by atoms with E-state index in [-0.39, 0.29) is 12.1 Å². The lowest BCUT2D eigenvalue weighted by Crippen LogP contribution is -2.41. The molecule has 3 unspecified atom stereocenters. The second kappa shape index (κ2) is 5.65. The smallest absolute Gasteiger partial charge is 0.123 e. The Bertz CT molecular complexity index is 346. The van der Waals surface area contributed by atoms with E-state index in [0.717, 1.165) is 0 Å². The van der Waals surface area contributed by atoms with Crippen LogP contribution in [-0.4, -0.2) is 46.2 Å². The fourth-order valence-electron chi connectivity index (χ4n) is 1.49. The molecule has 0 aromatic rings. The van der Waals surface area contributed by atoms with Gasteiger partial charge >= 0.3 is 0 Å². The predicted octanol–water partition coefficient (Wildman–Crippen LogP) is -0.352. The summed E-state index contributed by atoms with van der Waals surface area (Å²) in [5.41, 5.74) is 0.491. The second-order valence-corrected chi connectivity index (χ2v) is 5.33. The molecule has 0 fully saturated rings. The Labute approximate surface area is 102 Å². The fourth-order valence-corrected chi connectivity index (χ4v) is 1.49. The van der Waals surface area contributed by atoms with Crippen LogP contribution < -0.4 is 5.32 Å². The van der Waals surface area contributed by atoms with Crippen LogP contribution in [0.1, 0.15) is 20.8 Å². The Morgan fingerprint density at radius 3 is 2.65 bits per heavy atom. The van der Waals surface area contributed by atoms with Crippen LogP contribution in [0.15, 0.2) is 11.6 Å². The van der Waals surface area contributed by atoms with Crippen molar-refractivity contribution < 1.29 is 15.3 Å². The molecule has 96 valence electrons. The Balaban J connectivity index is 2.61. The molecule has 0 radical (unpaired) electrons. The highest BCUT2D eigenvalue weighted by atomic mass is 16.3. The topological polar surface area (TPSA) is 72.7 Å². The van der Waals surface area contributed by atoms with E-state index in [1.165, 1.54) is 0 Å². The van der Waals surface area contributed by atoms with Crippen LogP contribution in [0.5, 0.6) is 0 Å². The summed E-state index contributed by atoms with van der Waals surface area (Å²) in [7, 11) is 0. The minimum atomic E-state index is -0.841. The van der Waals surface area contributed by atoms with Crippen LogP contribution >= 0.6 is 0 Å². The molecule has 17 heavy (non-hydrogen) atoms. The lowest BCUT2D eigenvalue weighted by atomic mass is 9.93. The molecule has 0 heterocycles. The summed E-state index contributed by atoms with van der Waals surface area (Å²) in [6.07, 6.45) is 0.103. The largest absolute Gasteiger partial charge is 0.396 e. The molecule has 0 aliphatic heterocycles. The van der Waals surface area contributed by atoms with Gasteiger partial charge in [0.1, 0.15) is 6.10 Å². The van der Waals surface area contributed by atoms with Gasteiger partial charge in [0.2, 0.25) is 0 Å². The van der Waals surface area contributed by atoms with Gasteiger partial charge in [-0.1, -0.05) is 17.9 Å². The maximum absolute atomic E-state index is 9.94. The van der Waals surface area contributed by atoms with Crippen molar-refractivity contribution >= 4 is 0 Å². The Hall–Kier alpha value is -0.860. The Morgan fingerprint density at radius 2 is 2.12 bits per heavy atom. The number of rotatable bonds is 4. The first kappa shape index (κ1) is 14.2. The molecule has 1 aliphatic carbocycles. The summed E-state index contributed by atoms with van der Waals surface area (Å²) < 4.78 is 0. The molecule has 1 aliphatic rings. The number of hydrogen-bond donors (Lipinski definition) is 4. The summed E-state index contributed by atoms with van der Waals surface area (Å²) in [5.74, 6) is 4.92. The van der Waals surface area contributed by atoms with Gasteiger partial charge in [-0.2, -0.15) is 0 Å². The molecule has 0 bridgehead atoms. The lowest BCUT2D eigenvalue weighted by molar-refractivity contribution is 0.129. The molecule has 0 aromatic heterocycles. The first-order valence-electron chi connectivity index (χ1n) is 5.79. The SMILES string of the molecule is CC(C)(C)NCC(O)C1=CC(CO)C(O)C#C1. The van der Waals surface area contributed by atoms with Crippen molar-refractivity contribution in [3.63, 3.8) is 0 Å². The number of nitrogens with one attached hydrogen (secondary N) is 1. The minimum absolute atomic E-state index is 0.0699. The highest BCUT2D eigenvalue weighted by Crippen LogP contribution is 2.15. The van der Waals surface area contributed by atoms with Crippen LogP contribution in [0, 0.1) is 17.8 Å². The molecular formula is C13H21NO3. The maximum Gasteiger partial charge on any atom is 0.123 e. The monoisotopic (exact) mass is 239 g/mol.